The zero-order chi connectivity index (χ0) is 18.8. The lowest BCUT2D eigenvalue weighted by Crippen LogP contribution is -2.29. The van der Waals surface area contributed by atoms with Crippen molar-refractivity contribution in [2.24, 2.45) is 0 Å². The predicted octanol–water partition coefficient (Wildman–Crippen LogP) is 4.59. The van der Waals surface area contributed by atoms with Gasteiger partial charge in [0.15, 0.2) is 0 Å². The zero-order valence-corrected chi connectivity index (χ0v) is 15.6. The van der Waals surface area contributed by atoms with E-state index in [9.17, 15) is 4.79 Å². The van der Waals surface area contributed by atoms with Crippen molar-refractivity contribution < 1.29 is 4.79 Å². The van der Waals surface area contributed by atoms with Crippen LogP contribution in [-0.4, -0.2) is 20.9 Å². The molecule has 1 amide bonds. The van der Waals surface area contributed by atoms with E-state index in [2.05, 4.69) is 20.3 Å². The van der Waals surface area contributed by atoms with Crippen LogP contribution in [0.15, 0.2) is 60.6 Å². The number of hydrogen-bond donors (Lipinski definition) is 2. The highest BCUT2D eigenvalue weighted by Gasteiger charge is 2.20. The lowest BCUT2D eigenvalue weighted by Gasteiger charge is -2.18. The van der Waals surface area contributed by atoms with Gasteiger partial charge in [0.25, 0.3) is 0 Å². The van der Waals surface area contributed by atoms with Gasteiger partial charge in [0.1, 0.15) is 12.0 Å². The Morgan fingerprint density at radius 1 is 1.33 bits per heavy atom. The molecule has 1 aliphatic rings. The molecule has 2 aromatic heterocycles. The Morgan fingerprint density at radius 2 is 2.22 bits per heavy atom. The first-order valence-electron chi connectivity index (χ1n) is 8.91. The van der Waals surface area contributed by atoms with Gasteiger partial charge in [0.05, 0.1) is 11.7 Å². The number of aromatic amines is 1. The van der Waals surface area contributed by atoms with Crippen LogP contribution in [0.5, 0.6) is 0 Å². The molecule has 0 bridgehead atoms. The van der Waals surface area contributed by atoms with Gasteiger partial charge in [0.2, 0.25) is 5.91 Å². The Balaban J connectivity index is 1.53. The highest BCUT2D eigenvalue weighted by Crippen LogP contribution is 2.29. The summed E-state index contributed by atoms with van der Waals surface area (Å²) < 4.78 is 0. The van der Waals surface area contributed by atoms with Gasteiger partial charge in [-0.05, 0) is 48.3 Å². The summed E-state index contributed by atoms with van der Waals surface area (Å²) in [6.45, 7) is 2.04. The number of H-pyrrole nitrogens is 1. The first-order valence-corrected chi connectivity index (χ1v) is 9.29. The van der Waals surface area contributed by atoms with Crippen LogP contribution in [0.3, 0.4) is 0 Å². The molecule has 2 heterocycles. The lowest BCUT2D eigenvalue weighted by atomic mass is 10.0. The molecule has 3 aromatic rings. The molecule has 136 valence electrons. The molecule has 1 unspecified atom stereocenters. The molecular formula is C21H19ClN4O. The third-order valence-corrected chi connectivity index (χ3v) is 4.99. The minimum Gasteiger partial charge on any atom is -0.346 e. The molecule has 1 aromatic carbocycles. The molecule has 27 heavy (non-hydrogen) atoms. The van der Waals surface area contributed by atoms with Crippen molar-refractivity contribution in [3.8, 4) is 0 Å². The largest absolute Gasteiger partial charge is 0.346 e. The minimum atomic E-state index is -0.0726. The summed E-state index contributed by atoms with van der Waals surface area (Å²) in [6, 6.07) is 9.49. The first kappa shape index (κ1) is 17.5. The van der Waals surface area contributed by atoms with Gasteiger partial charge >= 0.3 is 0 Å². The molecule has 5 nitrogen and oxygen atoms in total. The molecule has 6 heteroatoms. The van der Waals surface area contributed by atoms with E-state index >= 15 is 0 Å². The maximum atomic E-state index is 12.8. The smallest absolute Gasteiger partial charge is 0.248 e. The van der Waals surface area contributed by atoms with Gasteiger partial charge in [-0.3, -0.25) is 4.79 Å². The SMILES string of the molecule is CCC(NC(=O)C1=CC(c2ncnc3[nH]ccc23)=CC1)c1cccc(Cl)c1. The van der Waals surface area contributed by atoms with Crippen LogP contribution in [0.4, 0.5) is 0 Å². The van der Waals surface area contributed by atoms with Gasteiger partial charge in [0, 0.05) is 22.2 Å². The third-order valence-electron chi connectivity index (χ3n) is 4.76. The number of aromatic nitrogens is 3. The summed E-state index contributed by atoms with van der Waals surface area (Å²) in [7, 11) is 0. The molecule has 0 fully saturated rings. The molecule has 0 aliphatic heterocycles. The Morgan fingerprint density at radius 3 is 3.04 bits per heavy atom. The van der Waals surface area contributed by atoms with Crippen molar-refractivity contribution in [1.82, 2.24) is 20.3 Å². The number of carbonyl (C=O) groups is 1. The predicted molar refractivity (Wildman–Crippen MR) is 107 cm³/mol. The number of amides is 1. The molecular weight excluding hydrogens is 360 g/mol. The summed E-state index contributed by atoms with van der Waals surface area (Å²) in [6.07, 6.45) is 8.69. The van der Waals surface area contributed by atoms with Gasteiger partial charge in [-0.1, -0.05) is 36.7 Å². The van der Waals surface area contributed by atoms with Crippen LogP contribution >= 0.6 is 11.6 Å². The second-order valence-corrected chi connectivity index (χ2v) is 6.92. The van der Waals surface area contributed by atoms with Crippen LogP contribution in [0.1, 0.15) is 37.1 Å². The Kier molecular flexibility index (Phi) is 4.77. The Labute approximate surface area is 162 Å². The van der Waals surface area contributed by atoms with E-state index in [1.165, 1.54) is 6.33 Å². The van der Waals surface area contributed by atoms with Crippen LogP contribution in [0, 0.1) is 0 Å². The number of nitrogens with one attached hydrogen (secondary N) is 2. The average Bonchev–Trinajstić information content (AvgIpc) is 3.35. The lowest BCUT2D eigenvalue weighted by molar-refractivity contribution is -0.118. The van der Waals surface area contributed by atoms with E-state index in [1.54, 1.807) is 0 Å². The molecule has 0 saturated heterocycles. The zero-order valence-electron chi connectivity index (χ0n) is 14.9. The second-order valence-electron chi connectivity index (χ2n) is 6.48. The normalized spacial score (nSPS) is 14.7. The van der Waals surface area contributed by atoms with Crippen LogP contribution in [0.2, 0.25) is 5.02 Å². The topological polar surface area (TPSA) is 70.7 Å². The molecule has 0 spiro atoms. The van der Waals surface area contributed by atoms with Gasteiger partial charge in [-0.25, -0.2) is 9.97 Å². The number of benzene rings is 1. The standard InChI is InChI=1S/C21H19ClN4O/c1-2-18(13-4-3-5-16(22)11-13)26-21(27)15-7-6-14(10-15)19-17-8-9-23-20(17)25-12-24-19/h3-6,8-12,18H,2,7H2,1H3,(H,26,27)(H,23,24,25). The van der Waals surface area contributed by atoms with E-state index in [4.69, 9.17) is 11.6 Å². The molecule has 1 atom stereocenters. The van der Waals surface area contributed by atoms with Crippen LogP contribution < -0.4 is 5.32 Å². The fourth-order valence-electron chi connectivity index (χ4n) is 3.35. The second kappa shape index (κ2) is 7.37. The monoisotopic (exact) mass is 378 g/mol. The number of halogens is 1. The Hall–Kier alpha value is -2.92. The van der Waals surface area contributed by atoms with Crippen molar-refractivity contribution in [2.75, 3.05) is 0 Å². The highest BCUT2D eigenvalue weighted by molar-refractivity contribution is 6.30. The average molecular weight is 379 g/mol. The van der Waals surface area contributed by atoms with Gasteiger partial charge in [-0.2, -0.15) is 0 Å². The third kappa shape index (κ3) is 3.51. The first-order chi connectivity index (χ1) is 13.2. The maximum Gasteiger partial charge on any atom is 0.248 e. The molecule has 1 aliphatic carbocycles. The molecule has 0 saturated carbocycles. The van der Waals surface area contributed by atoms with Crippen LogP contribution in [0.25, 0.3) is 16.6 Å². The summed E-state index contributed by atoms with van der Waals surface area (Å²) in [5.74, 6) is -0.0626. The molecule has 4 rings (SSSR count). The van der Waals surface area contributed by atoms with Crippen molar-refractivity contribution in [3.05, 3.63) is 76.9 Å². The number of hydrogen-bond acceptors (Lipinski definition) is 3. The van der Waals surface area contributed by atoms with Crippen molar-refractivity contribution in [1.29, 1.82) is 0 Å². The van der Waals surface area contributed by atoms with E-state index in [1.807, 2.05) is 55.6 Å². The summed E-state index contributed by atoms with van der Waals surface area (Å²) in [5, 5.41) is 4.74. The van der Waals surface area contributed by atoms with Gasteiger partial charge in [-0.15, -0.1) is 0 Å². The molecule has 2 N–H and O–H groups in total. The number of nitrogens with zero attached hydrogens (tertiary/aromatic N) is 2. The maximum absolute atomic E-state index is 12.8. The summed E-state index contributed by atoms with van der Waals surface area (Å²) >= 11 is 6.09. The van der Waals surface area contributed by atoms with Crippen molar-refractivity contribution >= 4 is 34.1 Å². The number of rotatable bonds is 5. The van der Waals surface area contributed by atoms with E-state index in [0.717, 1.165) is 39.9 Å². The van der Waals surface area contributed by atoms with E-state index < -0.39 is 0 Å². The number of allylic oxidation sites excluding steroid dienone is 3. The minimum absolute atomic E-state index is 0.0626. The van der Waals surface area contributed by atoms with Crippen LogP contribution in [-0.2, 0) is 4.79 Å². The highest BCUT2D eigenvalue weighted by atomic mass is 35.5. The fourth-order valence-corrected chi connectivity index (χ4v) is 3.55. The van der Waals surface area contributed by atoms with Crippen molar-refractivity contribution in [2.45, 2.75) is 25.8 Å². The van der Waals surface area contributed by atoms with Gasteiger partial charge < -0.3 is 10.3 Å². The summed E-state index contributed by atoms with van der Waals surface area (Å²) in [5.41, 5.74) is 4.32. The number of carbonyl (C=O) groups excluding carboxylic acids is 1. The number of fused-ring (bicyclic) bond motifs is 1. The van der Waals surface area contributed by atoms with E-state index in [-0.39, 0.29) is 11.9 Å². The summed E-state index contributed by atoms with van der Waals surface area (Å²) in [4.78, 5) is 24.5. The van der Waals surface area contributed by atoms with E-state index in [0.29, 0.717) is 11.4 Å². The Bertz CT molecular complexity index is 1070. The fraction of sp³-hybridized carbons (Fsp3) is 0.190. The quantitative estimate of drug-likeness (QED) is 0.682. The van der Waals surface area contributed by atoms with Crippen molar-refractivity contribution in [3.63, 3.8) is 0 Å². The molecule has 0 radical (unpaired) electrons.